The fourth-order valence-corrected chi connectivity index (χ4v) is 18.6. The van der Waals surface area contributed by atoms with Crippen LogP contribution in [0.1, 0.15) is 55.9 Å². The number of nitrogens with zero attached hydrogens (tertiary/aromatic N) is 9. The molecule has 622 valence electrons. The Morgan fingerprint density at radius 1 is 0.169 bits per heavy atom. The van der Waals surface area contributed by atoms with Gasteiger partial charge >= 0.3 is 0 Å². The first-order valence-corrected chi connectivity index (χ1v) is 44.3. The lowest BCUT2D eigenvalue weighted by atomic mass is 9.70. The fraction of sp³-hybridized carbons (Fsp3) is 0.0579. The van der Waals surface area contributed by atoms with E-state index in [0.29, 0.717) is 29.1 Å². The Balaban J connectivity index is 0.0000000980. The molecule has 0 amide bonds. The molecule has 2 aliphatic rings. The molecule has 0 bridgehead atoms. The largest absolute Gasteiger partial charge is 0.309 e. The van der Waals surface area contributed by atoms with Crippen molar-refractivity contribution in [3.8, 4) is 96.3 Å². The van der Waals surface area contributed by atoms with Gasteiger partial charge in [0.05, 0.1) is 38.5 Å². The van der Waals surface area contributed by atoms with Gasteiger partial charge in [0.2, 0.25) is 0 Å². The van der Waals surface area contributed by atoms with Crippen molar-refractivity contribution >= 4 is 65.4 Å². The molecule has 0 saturated carbocycles. The van der Waals surface area contributed by atoms with E-state index in [0.717, 1.165) is 33.6 Å². The van der Waals surface area contributed by atoms with Gasteiger partial charge in [-0.05, 0) is 176 Å². The summed E-state index contributed by atoms with van der Waals surface area (Å²) in [5.74, 6) is 4.22. The van der Waals surface area contributed by atoms with Crippen LogP contribution in [-0.2, 0) is 5.41 Å². The van der Waals surface area contributed by atoms with Crippen LogP contribution in [0.4, 0.5) is 0 Å². The van der Waals surface area contributed by atoms with Gasteiger partial charge in [-0.2, -0.15) is 0 Å². The number of hydrogen-bond acceptors (Lipinski definition) is 6. The first-order valence-electron chi connectivity index (χ1n) is 44.3. The van der Waals surface area contributed by atoms with Crippen LogP contribution in [0.5, 0.6) is 0 Å². The fourth-order valence-electron chi connectivity index (χ4n) is 18.6. The van der Waals surface area contributed by atoms with Crippen molar-refractivity contribution in [2.45, 2.75) is 47.0 Å². The van der Waals surface area contributed by atoms with Crippen molar-refractivity contribution in [3.05, 3.63) is 511 Å². The van der Waals surface area contributed by atoms with Crippen molar-refractivity contribution in [3.63, 3.8) is 0 Å². The molecule has 0 N–H and O–H groups in total. The average Bonchev–Trinajstić information content (AvgIpc) is 1.51. The third-order valence-corrected chi connectivity index (χ3v) is 24.5. The molecule has 5 heterocycles. The lowest BCUT2D eigenvalue weighted by Crippen LogP contribution is -2.25. The van der Waals surface area contributed by atoms with Gasteiger partial charge in [0, 0.05) is 77.2 Å². The molecule has 5 aromatic heterocycles. The summed E-state index contributed by atoms with van der Waals surface area (Å²) < 4.78 is 7.03. The molecular weight excluding hydrogens is 1580 g/mol. The molecule has 23 aromatic rings. The van der Waals surface area contributed by atoms with E-state index in [1.54, 1.807) is 0 Å². The predicted octanol–water partition coefficient (Wildman–Crippen LogP) is 30.3. The predicted molar refractivity (Wildman–Crippen MR) is 540 cm³/mol. The van der Waals surface area contributed by atoms with Crippen LogP contribution in [0.25, 0.3) is 162 Å². The minimum absolute atomic E-state index is 0.189. The molecule has 0 atom stereocenters. The van der Waals surface area contributed by atoms with E-state index in [4.69, 9.17) is 15.0 Å². The zero-order valence-electron chi connectivity index (χ0n) is 73.3. The minimum atomic E-state index is -0.189. The standard InChI is InChI=1S/C26H18.C22H17N3.3C19H15N.C16H13N3/c1-17-14-15-21-20-10-4-7-13-24(20)26(25(21)16-17)22-11-5-2-8-18(22)19-9-3-6-12-23(19)26;1-16-12-14-19(15-13-16)22-24-20(17-8-4-2-5-9-17)23-21(25-22)18-10-6-3-7-11-18;1-14-7-6-8-15(13-14)20-18-11-4-2-9-16(18)17-10-3-5-12-19(17)20;1-14-11-12-19-17(13-14)16-9-5-6-10-18(16)20(19)15-7-3-2-4-8-15;1-14-11-12-17-16-9-5-6-10-18(16)20(19(17)13-14)15-7-3-2-4-8-15;1-12-17-15(13-8-4-2-5-9-13)19-16(18-12)14-10-6-3-7-11-14/h2-16H,1H3;2-15H,1H3;3*2-13H,1H3;2-11H,1H3. The number of fused-ring (bicyclic) bond motifs is 19. The van der Waals surface area contributed by atoms with Crippen molar-refractivity contribution in [1.29, 1.82) is 0 Å². The molecule has 0 radical (unpaired) electrons. The highest BCUT2D eigenvalue weighted by molar-refractivity contribution is 6.12. The molecule has 0 saturated heterocycles. The molecule has 0 fully saturated rings. The highest BCUT2D eigenvalue weighted by Crippen LogP contribution is 2.63. The summed E-state index contributed by atoms with van der Waals surface area (Å²) >= 11 is 0. The van der Waals surface area contributed by atoms with Gasteiger partial charge in [0.25, 0.3) is 0 Å². The second-order valence-corrected chi connectivity index (χ2v) is 33.2. The molecule has 130 heavy (non-hydrogen) atoms. The van der Waals surface area contributed by atoms with Gasteiger partial charge < -0.3 is 13.7 Å². The third kappa shape index (κ3) is 16.0. The summed E-state index contributed by atoms with van der Waals surface area (Å²) in [5.41, 5.74) is 33.6. The Bertz CT molecular complexity index is 7780. The highest BCUT2D eigenvalue weighted by Gasteiger charge is 2.51. The van der Waals surface area contributed by atoms with Crippen LogP contribution in [0.15, 0.2) is 455 Å². The van der Waals surface area contributed by atoms with Gasteiger partial charge in [0.15, 0.2) is 29.1 Å². The number of benzene rings is 18. The molecule has 0 unspecified atom stereocenters. The maximum absolute atomic E-state index is 4.71. The lowest BCUT2D eigenvalue weighted by Gasteiger charge is -2.30. The van der Waals surface area contributed by atoms with Crippen LogP contribution < -0.4 is 0 Å². The van der Waals surface area contributed by atoms with Gasteiger partial charge in [0.1, 0.15) is 5.82 Å². The summed E-state index contributed by atoms with van der Waals surface area (Å²) in [7, 11) is 0. The number of aromatic nitrogens is 9. The first-order chi connectivity index (χ1) is 64.0. The second kappa shape index (κ2) is 36.2. The third-order valence-electron chi connectivity index (χ3n) is 24.5. The number of rotatable bonds is 8. The smallest absolute Gasteiger partial charge is 0.164 e. The molecule has 18 aromatic carbocycles. The topological polar surface area (TPSA) is 92.1 Å². The number of hydrogen-bond donors (Lipinski definition) is 0. The van der Waals surface area contributed by atoms with E-state index in [1.807, 2.05) is 140 Å². The Morgan fingerprint density at radius 3 is 0.885 bits per heavy atom. The second-order valence-electron chi connectivity index (χ2n) is 33.2. The Morgan fingerprint density at radius 2 is 0.454 bits per heavy atom. The molecule has 25 rings (SSSR count). The number of aryl methyl sites for hydroxylation is 6. The first kappa shape index (κ1) is 81.7. The Kier molecular flexibility index (Phi) is 22.7. The van der Waals surface area contributed by atoms with Crippen molar-refractivity contribution in [2.75, 3.05) is 0 Å². The summed E-state index contributed by atoms with van der Waals surface area (Å²) in [4.78, 5) is 27.5. The highest BCUT2D eigenvalue weighted by atomic mass is 15.0. The van der Waals surface area contributed by atoms with Crippen LogP contribution in [0.3, 0.4) is 0 Å². The zero-order chi connectivity index (χ0) is 88.0. The van der Waals surface area contributed by atoms with Crippen LogP contribution in [-0.4, -0.2) is 43.6 Å². The average molecular weight is 1670 g/mol. The Hall–Kier alpha value is -16.6. The van der Waals surface area contributed by atoms with Crippen LogP contribution in [0, 0.1) is 41.5 Å². The zero-order valence-corrected chi connectivity index (χ0v) is 73.3. The van der Waals surface area contributed by atoms with E-state index < -0.39 is 0 Å². The lowest BCUT2D eigenvalue weighted by molar-refractivity contribution is 0.792. The van der Waals surface area contributed by atoms with Gasteiger partial charge in [-0.15, -0.1) is 0 Å². The summed E-state index contributed by atoms with van der Waals surface area (Å²) in [6, 6.07) is 159. The van der Waals surface area contributed by atoms with Crippen molar-refractivity contribution < 1.29 is 0 Å². The van der Waals surface area contributed by atoms with E-state index in [2.05, 4.69) is 385 Å². The minimum Gasteiger partial charge on any atom is -0.309 e. The normalized spacial score (nSPS) is 11.7. The van der Waals surface area contributed by atoms with Crippen LogP contribution in [0.2, 0.25) is 0 Å². The summed E-state index contributed by atoms with van der Waals surface area (Å²) in [5, 5.41) is 7.88. The van der Waals surface area contributed by atoms with Gasteiger partial charge in [-0.3, -0.25) is 0 Å². The molecule has 9 heteroatoms. The van der Waals surface area contributed by atoms with E-state index in [1.165, 1.54) is 155 Å². The SMILES string of the molecule is Cc1ccc(-c2nc(-c3ccccc3)nc(-c3ccccc3)n2)cc1.Cc1ccc2c(c1)C1(c3ccccc3-c3ccccc31)c1ccccc1-2.Cc1ccc2c(c1)c1ccccc1n2-c1ccccc1.Cc1ccc2c3ccccc3n(-c3ccccc3)c2c1.Cc1cccc(-n2c3ccccc3c3ccccc32)c1.Cc1nc(-c2ccccc2)nc(-c2ccccc2)n1. The van der Waals surface area contributed by atoms with Crippen molar-refractivity contribution in [2.24, 2.45) is 0 Å². The van der Waals surface area contributed by atoms with Gasteiger partial charge in [-0.1, -0.05) is 393 Å². The summed E-state index contributed by atoms with van der Waals surface area (Å²) in [6.07, 6.45) is 0. The molecular formula is C121H93N9. The van der Waals surface area contributed by atoms with E-state index in [-0.39, 0.29) is 5.41 Å². The molecule has 1 spiro atoms. The number of para-hydroxylation sites is 6. The summed E-state index contributed by atoms with van der Waals surface area (Å²) in [6.45, 7) is 12.6. The van der Waals surface area contributed by atoms with Crippen LogP contribution >= 0.6 is 0 Å². The Labute approximate surface area is 758 Å². The maximum Gasteiger partial charge on any atom is 0.164 e. The monoisotopic (exact) mass is 1670 g/mol. The maximum atomic E-state index is 4.71. The van der Waals surface area contributed by atoms with E-state index >= 15 is 0 Å². The van der Waals surface area contributed by atoms with E-state index in [9.17, 15) is 0 Å². The molecule has 9 nitrogen and oxygen atoms in total. The molecule has 0 aliphatic heterocycles. The quantitative estimate of drug-likeness (QED) is 0.150. The van der Waals surface area contributed by atoms with Gasteiger partial charge in [-0.25, -0.2) is 29.9 Å². The molecule has 2 aliphatic carbocycles. The van der Waals surface area contributed by atoms with Crippen molar-refractivity contribution in [1.82, 2.24) is 43.6 Å².